The number of aliphatic carboxylic acids is 1. The molecule has 0 radical (unpaired) electrons. The molecule has 0 saturated carbocycles. The Balaban J connectivity index is 4.01. The van der Waals surface area contributed by atoms with Crippen LogP contribution in [0.3, 0.4) is 0 Å². The number of allylic oxidation sites excluding steroid dienone is 1. The molecular weight excluding hydrogens is 122 g/mol. The van der Waals surface area contributed by atoms with E-state index in [1.54, 1.807) is 6.07 Å². The quantitative estimate of drug-likeness (QED) is 0.275. The van der Waals surface area contributed by atoms with Gasteiger partial charge in [-0.3, -0.25) is 0 Å². The number of carboxylic acid groups (broad SMARTS) is 1. The zero-order valence-corrected chi connectivity index (χ0v) is 6.38. The first-order valence-corrected chi connectivity index (χ1v) is 2.98. The van der Waals surface area contributed by atoms with Crippen molar-refractivity contribution in [2.75, 3.05) is 0 Å². The van der Waals surface area contributed by atoms with Crippen molar-refractivity contribution in [1.82, 2.24) is 0 Å². The zero-order chi connectivity index (χ0) is 6.57. The summed E-state index contributed by atoms with van der Waals surface area (Å²) in [5.74, 6) is -1.04. The lowest BCUT2D eigenvalue weighted by Gasteiger charge is -1.77. The summed E-state index contributed by atoms with van der Waals surface area (Å²) < 4.78 is 0. The van der Waals surface area contributed by atoms with Gasteiger partial charge in [0.2, 0.25) is 0 Å². The zero-order valence-electron chi connectivity index (χ0n) is 4.38. The summed E-state index contributed by atoms with van der Waals surface area (Å²) >= 11 is 0. The van der Waals surface area contributed by atoms with Crippen LogP contribution in [0.25, 0.3) is 0 Å². The van der Waals surface area contributed by atoms with Crippen LogP contribution in [-0.4, -0.2) is 21.3 Å². The van der Waals surface area contributed by atoms with Crippen LogP contribution in [0, 0.1) is 11.3 Å². The second kappa shape index (κ2) is 2.99. The van der Waals surface area contributed by atoms with Crippen LogP contribution in [0.15, 0.2) is 11.3 Å². The van der Waals surface area contributed by atoms with Crippen LogP contribution in [0.5, 0.6) is 0 Å². The van der Waals surface area contributed by atoms with E-state index in [0.29, 0.717) is 15.4 Å². The summed E-state index contributed by atoms with van der Waals surface area (Å²) in [6.45, 7) is 0. The van der Waals surface area contributed by atoms with Crippen molar-refractivity contribution in [3.05, 3.63) is 11.3 Å². The van der Waals surface area contributed by atoms with Crippen molar-refractivity contribution in [2.45, 2.75) is 0 Å². The molecule has 0 atom stereocenters. The second-order valence-corrected chi connectivity index (χ2v) is 2.35. The highest BCUT2D eigenvalue weighted by molar-refractivity contribution is 6.25. The molecule has 0 aromatic heterocycles. The second-order valence-electron chi connectivity index (χ2n) is 1.28. The summed E-state index contributed by atoms with van der Waals surface area (Å²) in [7, 11) is 0.507. The summed E-state index contributed by atoms with van der Waals surface area (Å²) in [6, 6.07) is 1.74. The van der Waals surface area contributed by atoms with Crippen LogP contribution < -0.4 is 0 Å². The van der Waals surface area contributed by atoms with E-state index in [0.717, 1.165) is 6.08 Å². The Bertz CT molecular complexity index is 167. The maximum Gasteiger partial charge on any atom is 0.328 e. The minimum absolute atomic E-state index is 0.345. The highest BCUT2D eigenvalue weighted by Gasteiger charge is 1.88. The SMILES string of the molecule is N#CC([SiH3])=CC(=O)O. The lowest BCUT2D eigenvalue weighted by molar-refractivity contribution is -0.131. The highest BCUT2D eigenvalue weighted by atomic mass is 28.1. The fourth-order valence-corrected chi connectivity index (χ4v) is 0.464. The van der Waals surface area contributed by atoms with E-state index in [4.69, 9.17) is 10.4 Å². The number of hydrogen-bond donors (Lipinski definition) is 1. The van der Waals surface area contributed by atoms with E-state index in [-0.39, 0.29) is 0 Å². The average molecular weight is 127 g/mol. The molecule has 0 aromatic rings. The third kappa shape index (κ3) is 3.12. The Kier molecular flexibility index (Phi) is 2.59. The third-order valence-electron chi connectivity index (χ3n) is 0.516. The van der Waals surface area contributed by atoms with Gasteiger partial charge in [0.25, 0.3) is 0 Å². The fraction of sp³-hybridized carbons (Fsp3) is 0. The molecule has 0 fully saturated rings. The van der Waals surface area contributed by atoms with Crippen LogP contribution in [0.2, 0.25) is 0 Å². The summed E-state index contributed by atoms with van der Waals surface area (Å²) in [5.41, 5.74) is 0. The standard InChI is InChI=1S/C4H5NO2Si/c5-2-3(8)1-4(6)7/h1H,8H3,(H,6,7). The molecule has 0 aliphatic rings. The van der Waals surface area contributed by atoms with Gasteiger partial charge in [0.15, 0.2) is 0 Å². The molecule has 4 heteroatoms. The monoisotopic (exact) mass is 127 g/mol. The number of nitrogens with zero attached hydrogens (tertiary/aromatic N) is 1. The smallest absolute Gasteiger partial charge is 0.328 e. The van der Waals surface area contributed by atoms with Gasteiger partial charge in [-0.2, -0.15) is 5.26 Å². The molecule has 3 nitrogen and oxygen atoms in total. The lowest BCUT2D eigenvalue weighted by Crippen LogP contribution is -1.89. The molecule has 0 heterocycles. The van der Waals surface area contributed by atoms with Crippen molar-refractivity contribution in [2.24, 2.45) is 0 Å². The van der Waals surface area contributed by atoms with Gasteiger partial charge in [-0.1, -0.05) is 0 Å². The fourth-order valence-electron chi connectivity index (χ4n) is 0.217. The first-order valence-electron chi connectivity index (χ1n) is 1.98. The molecule has 0 rings (SSSR count). The van der Waals surface area contributed by atoms with Gasteiger partial charge in [-0.15, -0.1) is 0 Å². The molecule has 42 valence electrons. The van der Waals surface area contributed by atoms with Crippen molar-refractivity contribution in [3.63, 3.8) is 0 Å². The van der Waals surface area contributed by atoms with Crippen LogP contribution in [0.4, 0.5) is 0 Å². The van der Waals surface area contributed by atoms with Gasteiger partial charge in [0.1, 0.15) is 0 Å². The van der Waals surface area contributed by atoms with Gasteiger partial charge in [-0.05, 0) is 0 Å². The van der Waals surface area contributed by atoms with E-state index >= 15 is 0 Å². The van der Waals surface area contributed by atoms with E-state index in [1.807, 2.05) is 0 Å². The Morgan fingerprint density at radius 2 is 2.38 bits per heavy atom. The summed E-state index contributed by atoms with van der Waals surface area (Å²) in [4.78, 5) is 9.76. The minimum atomic E-state index is -1.04. The summed E-state index contributed by atoms with van der Waals surface area (Å²) in [6.07, 6.45) is 0.923. The lowest BCUT2D eigenvalue weighted by atomic mass is 10.5. The molecule has 0 spiro atoms. The predicted octanol–water partition coefficient (Wildman–Crippen LogP) is -1.16. The molecule has 0 amide bonds. The van der Waals surface area contributed by atoms with Gasteiger partial charge in [-0.25, -0.2) is 4.79 Å². The van der Waals surface area contributed by atoms with Crippen molar-refractivity contribution < 1.29 is 9.90 Å². The van der Waals surface area contributed by atoms with Crippen molar-refractivity contribution in [3.8, 4) is 6.07 Å². The Hall–Kier alpha value is -1.08. The average Bonchev–Trinajstić information content (AvgIpc) is 1.65. The van der Waals surface area contributed by atoms with E-state index in [2.05, 4.69) is 0 Å². The van der Waals surface area contributed by atoms with E-state index < -0.39 is 5.97 Å². The normalized spacial score (nSPS) is 10.6. The molecule has 0 saturated heterocycles. The minimum Gasteiger partial charge on any atom is -0.478 e. The number of carbonyl (C=O) groups is 1. The van der Waals surface area contributed by atoms with E-state index in [1.165, 1.54) is 0 Å². The molecule has 0 aliphatic carbocycles. The molecule has 0 aromatic carbocycles. The molecule has 1 N–H and O–H groups in total. The largest absolute Gasteiger partial charge is 0.478 e. The topological polar surface area (TPSA) is 61.1 Å². The number of carboxylic acids is 1. The Morgan fingerprint density at radius 1 is 1.88 bits per heavy atom. The first-order chi connectivity index (χ1) is 3.66. The number of rotatable bonds is 1. The maximum absolute atomic E-state index is 9.76. The van der Waals surface area contributed by atoms with Gasteiger partial charge in [0.05, 0.1) is 16.3 Å². The van der Waals surface area contributed by atoms with Gasteiger partial charge in [0, 0.05) is 11.3 Å². The number of nitriles is 1. The Morgan fingerprint density at radius 3 is 2.50 bits per heavy atom. The molecule has 0 aliphatic heterocycles. The summed E-state index contributed by atoms with van der Waals surface area (Å²) in [5, 5.41) is 16.4. The highest BCUT2D eigenvalue weighted by Crippen LogP contribution is 1.80. The Labute approximate surface area is 49.7 Å². The molecular formula is C4H5NO2Si. The molecule has 0 bridgehead atoms. The first kappa shape index (κ1) is 6.92. The van der Waals surface area contributed by atoms with Crippen LogP contribution in [-0.2, 0) is 4.79 Å². The van der Waals surface area contributed by atoms with Crippen molar-refractivity contribution in [1.29, 1.82) is 5.26 Å². The van der Waals surface area contributed by atoms with Gasteiger partial charge >= 0.3 is 5.97 Å². The van der Waals surface area contributed by atoms with Crippen LogP contribution >= 0.6 is 0 Å². The molecule has 8 heavy (non-hydrogen) atoms. The predicted molar refractivity (Wildman–Crippen MR) is 31.3 cm³/mol. The van der Waals surface area contributed by atoms with Gasteiger partial charge < -0.3 is 5.11 Å². The van der Waals surface area contributed by atoms with Crippen LogP contribution in [0.1, 0.15) is 0 Å². The molecule has 0 unspecified atom stereocenters. The van der Waals surface area contributed by atoms with Crippen molar-refractivity contribution >= 4 is 16.2 Å². The maximum atomic E-state index is 9.76. The number of hydrogen-bond acceptors (Lipinski definition) is 2. The van der Waals surface area contributed by atoms with E-state index in [9.17, 15) is 4.79 Å². The third-order valence-corrected chi connectivity index (χ3v) is 1.03.